The van der Waals surface area contributed by atoms with Gasteiger partial charge in [-0.25, -0.2) is 0 Å². The Morgan fingerprint density at radius 2 is 2.21 bits per heavy atom. The highest BCUT2D eigenvalue weighted by Gasteiger charge is 2.06. The summed E-state index contributed by atoms with van der Waals surface area (Å²) < 4.78 is 1.62. The molecule has 3 radical (unpaired) electrons. The Kier molecular flexibility index (Phi) is 4.85. The number of carbonyl (C=O) groups excluding carboxylic acids is 1. The van der Waals surface area contributed by atoms with Gasteiger partial charge in [-0.1, -0.05) is 12.1 Å². The molecular weight excluding hydrogens is 256 g/mol. The smallest absolute Gasteiger partial charge is 0.241 e. The van der Waals surface area contributed by atoms with Gasteiger partial charge < -0.3 is 5.32 Å². The number of nitrogens with zero attached hydrogens (tertiary/aromatic N) is 3. The second-order valence-electron chi connectivity index (χ2n) is 4.07. The van der Waals surface area contributed by atoms with E-state index in [2.05, 4.69) is 25.6 Å². The van der Waals surface area contributed by atoms with Crippen LogP contribution in [0.2, 0.25) is 6.04 Å². The fraction of sp³-hybridized carbons (Fsp3) is 0.308. The van der Waals surface area contributed by atoms with Crippen LogP contribution in [0, 0.1) is 0 Å². The predicted octanol–water partition coefficient (Wildman–Crippen LogP) is 1.04. The average Bonchev–Trinajstić information content (AvgIpc) is 2.88. The highest BCUT2D eigenvalue weighted by Crippen LogP contribution is 2.12. The molecule has 19 heavy (non-hydrogen) atoms. The van der Waals surface area contributed by atoms with Gasteiger partial charge in [-0.3, -0.25) is 14.5 Å². The van der Waals surface area contributed by atoms with Gasteiger partial charge in [0.05, 0.1) is 5.69 Å². The SMILES string of the molecule is O=C(Cn1ccc(-c2ccccn2)n1)NCCC[Si]. The molecule has 0 bridgehead atoms. The molecule has 2 aromatic rings. The number of aromatic nitrogens is 3. The van der Waals surface area contributed by atoms with Crippen molar-refractivity contribution in [2.24, 2.45) is 0 Å². The third-order valence-electron chi connectivity index (χ3n) is 2.55. The molecule has 1 amide bonds. The van der Waals surface area contributed by atoms with Crippen LogP contribution >= 0.6 is 0 Å². The first-order valence-electron chi connectivity index (χ1n) is 6.16. The van der Waals surface area contributed by atoms with Crippen LogP contribution in [-0.4, -0.2) is 37.5 Å². The standard InChI is InChI=1S/C13H15N4OSi/c18-13(15-7-3-9-19)10-17-8-5-12(16-17)11-4-1-2-6-14-11/h1-2,4-6,8H,3,7,9-10H2,(H,15,18). The molecule has 0 atom stereocenters. The van der Waals surface area contributed by atoms with Crippen molar-refractivity contribution in [3.8, 4) is 11.4 Å². The summed E-state index contributed by atoms with van der Waals surface area (Å²) in [7, 11) is 3.37. The van der Waals surface area contributed by atoms with Crippen molar-refractivity contribution in [3.63, 3.8) is 0 Å². The summed E-state index contributed by atoms with van der Waals surface area (Å²) in [4.78, 5) is 15.8. The van der Waals surface area contributed by atoms with Gasteiger partial charge >= 0.3 is 0 Å². The third kappa shape index (κ3) is 4.03. The van der Waals surface area contributed by atoms with E-state index in [1.807, 2.05) is 24.3 Å². The summed E-state index contributed by atoms with van der Waals surface area (Å²) in [6, 6.07) is 8.40. The fourth-order valence-corrected chi connectivity index (χ4v) is 1.80. The van der Waals surface area contributed by atoms with Crippen molar-refractivity contribution in [3.05, 3.63) is 36.7 Å². The third-order valence-corrected chi connectivity index (χ3v) is 2.90. The molecule has 0 spiro atoms. The molecule has 0 aliphatic heterocycles. The van der Waals surface area contributed by atoms with E-state index in [4.69, 9.17) is 0 Å². The molecule has 6 heteroatoms. The molecule has 0 saturated heterocycles. The topological polar surface area (TPSA) is 59.8 Å². The van der Waals surface area contributed by atoms with E-state index in [0.717, 1.165) is 23.9 Å². The van der Waals surface area contributed by atoms with Gasteiger partial charge in [-0.05, 0) is 24.6 Å². The van der Waals surface area contributed by atoms with E-state index in [-0.39, 0.29) is 12.5 Å². The van der Waals surface area contributed by atoms with Crippen LogP contribution in [0.5, 0.6) is 0 Å². The number of carbonyl (C=O) groups is 1. The first-order valence-corrected chi connectivity index (χ1v) is 6.86. The van der Waals surface area contributed by atoms with Crippen LogP contribution in [0.25, 0.3) is 11.4 Å². The Hall–Kier alpha value is -1.95. The van der Waals surface area contributed by atoms with Crippen molar-refractivity contribution >= 4 is 16.1 Å². The molecule has 2 heterocycles. The van der Waals surface area contributed by atoms with Gasteiger partial charge in [0, 0.05) is 29.2 Å². The zero-order chi connectivity index (χ0) is 13.5. The zero-order valence-corrected chi connectivity index (χ0v) is 11.5. The van der Waals surface area contributed by atoms with Crippen LogP contribution in [0.4, 0.5) is 0 Å². The van der Waals surface area contributed by atoms with Gasteiger partial charge in [0.2, 0.25) is 5.91 Å². The monoisotopic (exact) mass is 271 g/mol. The second-order valence-corrected chi connectivity index (χ2v) is 4.57. The zero-order valence-electron chi connectivity index (χ0n) is 10.5. The van der Waals surface area contributed by atoms with E-state index in [1.54, 1.807) is 17.1 Å². The fourth-order valence-electron chi connectivity index (χ4n) is 1.62. The lowest BCUT2D eigenvalue weighted by atomic mass is 10.3. The highest BCUT2D eigenvalue weighted by molar-refractivity contribution is 6.08. The Bertz CT molecular complexity index is 526. The van der Waals surface area contributed by atoms with E-state index in [0.29, 0.717) is 6.54 Å². The molecular formula is C13H15N4OSi. The van der Waals surface area contributed by atoms with Gasteiger partial charge in [-0.15, -0.1) is 0 Å². The maximum absolute atomic E-state index is 11.6. The lowest BCUT2D eigenvalue weighted by Crippen LogP contribution is -2.28. The lowest BCUT2D eigenvalue weighted by Gasteiger charge is -2.04. The van der Waals surface area contributed by atoms with Crippen molar-refractivity contribution in [1.82, 2.24) is 20.1 Å². The maximum Gasteiger partial charge on any atom is 0.241 e. The van der Waals surface area contributed by atoms with Crippen LogP contribution in [-0.2, 0) is 11.3 Å². The van der Waals surface area contributed by atoms with Gasteiger partial charge in [0.1, 0.15) is 12.2 Å². The second kappa shape index (κ2) is 6.84. The largest absolute Gasteiger partial charge is 0.355 e. The summed E-state index contributed by atoms with van der Waals surface area (Å²) in [5, 5.41) is 7.17. The van der Waals surface area contributed by atoms with Crippen molar-refractivity contribution in [2.75, 3.05) is 6.54 Å². The Morgan fingerprint density at radius 1 is 1.32 bits per heavy atom. The number of nitrogens with one attached hydrogen (secondary N) is 1. The Labute approximate surface area is 115 Å². The molecule has 0 fully saturated rings. The summed E-state index contributed by atoms with van der Waals surface area (Å²) in [5.41, 5.74) is 1.58. The quantitative estimate of drug-likeness (QED) is 0.631. The molecule has 2 aromatic heterocycles. The predicted molar refractivity (Wildman–Crippen MR) is 73.6 cm³/mol. The molecule has 2 rings (SSSR count). The van der Waals surface area contributed by atoms with Crippen molar-refractivity contribution < 1.29 is 4.79 Å². The lowest BCUT2D eigenvalue weighted by molar-refractivity contribution is -0.121. The summed E-state index contributed by atoms with van der Waals surface area (Å²) in [6.07, 6.45) is 4.43. The van der Waals surface area contributed by atoms with E-state index in [9.17, 15) is 4.79 Å². The van der Waals surface area contributed by atoms with Crippen LogP contribution in [0.3, 0.4) is 0 Å². The molecule has 0 aromatic carbocycles. The first-order chi connectivity index (χ1) is 9.29. The Balaban J connectivity index is 1.93. The highest BCUT2D eigenvalue weighted by atomic mass is 28.1. The minimum absolute atomic E-state index is 0.0317. The van der Waals surface area contributed by atoms with E-state index >= 15 is 0 Å². The van der Waals surface area contributed by atoms with E-state index in [1.165, 1.54) is 0 Å². The maximum atomic E-state index is 11.6. The van der Waals surface area contributed by atoms with Gasteiger partial charge in [0.15, 0.2) is 0 Å². The minimum atomic E-state index is -0.0317. The number of hydrogen-bond acceptors (Lipinski definition) is 3. The summed E-state index contributed by atoms with van der Waals surface area (Å²) >= 11 is 0. The first kappa shape index (κ1) is 13.5. The van der Waals surface area contributed by atoms with Crippen LogP contribution < -0.4 is 5.32 Å². The molecule has 5 nitrogen and oxygen atoms in total. The summed E-state index contributed by atoms with van der Waals surface area (Å²) in [5.74, 6) is -0.0317. The number of pyridine rings is 1. The summed E-state index contributed by atoms with van der Waals surface area (Å²) in [6.45, 7) is 0.908. The van der Waals surface area contributed by atoms with Gasteiger partial charge in [-0.2, -0.15) is 5.10 Å². The molecule has 0 aliphatic carbocycles. The molecule has 1 N–H and O–H groups in total. The number of amides is 1. The molecule has 97 valence electrons. The normalized spacial score (nSPS) is 10.4. The van der Waals surface area contributed by atoms with Crippen molar-refractivity contribution in [1.29, 1.82) is 0 Å². The van der Waals surface area contributed by atoms with Gasteiger partial charge in [0.25, 0.3) is 0 Å². The average molecular weight is 271 g/mol. The van der Waals surface area contributed by atoms with Crippen molar-refractivity contribution in [2.45, 2.75) is 19.0 Å². The molecule has 0 aliphatic rings. The number of rotatable bonds is 6. The molecule has 0 unspecified atom stereocenters. The Morgan fingerprint density at radius 3 is 2.95 bits per heavy atom. The van der Waals surface area contributed by atoms with Crippen LogP contribution in [0.15, 0.2) is 36.7 Å². The minimum Gasteiger partial charge on any atom is -0.355 e. The molecule has 0 saturated carbocycles. The number of hydrogen-bond donors (Lipinski definition) is 1. The van der Waals surface area contributed by atoms with E-state index < -0.39 is 0 Å². The van der Waals surface area contributed by atoms with Crippen LogP contribution in [0.1, 0.15) is 6.42 Å².